The van der Waals surface area contributed by atoms with Gasteiger partial charge in [0.1, 0.15) is 6.04 Å². The van der Waals surface area contributed by atoms with Gasteiger partial charge in [-0.1, -0.05) is 24.9 Å². The summed E-state index contributed by atoms with van der Waals surface area (Å²) in [7, 11) is 0. The number of allylic oxidation sites excluding steroid dienone is 2. The number of hydrogen-bond donors (Lipinski definition) is 1. The third-order valence-corrected chi connectivity index (χ3v) is 3.86. The summed E-state index contributed by atoms with van der Waals surface area (Å²) in [6.45, 7) is 7.76. The van der Waals surface area contributed by atoms with Crippen LogP contribution >= 0.6 is 12.2 Å². The number of carbonyl (C=O) groups is 2. The Hall–Kier alpha value is -1.49. The minimum atomic E-state index is -0.854. The summed E-state index contributed by atoms with van der Waals surface area (Å²) in [6, 6.07) is -0.557. The summed E-state index contributed by atoms with van der Waals surface area (Å²) in [6.07, 6.45) is 5.23. The molecule has 0 amide bonds. The molecular weight excluding hydrogens is 262 g/mol. The van der Waals surface area contributed by atoms with Crippen molar-refractivity contribution in [3.05, 3.63) is 25.3 Å². The lowest BCUT2D eigenvalue weighted by Gasteiger charge is -2.28. The van der Waals surface area contributed by atoms with E-state index < -0.39 is 12.0 Å². The summed E-state index contributed by atoms with van der Waals surface area (Å²) in [5, 5.41) is 9.17. The molecule has 5 heteroatoms. The predicted molar refractivity (Wildman–Crippen MR) is 78.1 cm³/mol. The molecule has 0 bridgehead atoms. The molecule has 0 aromatic carbocycles. The van der Waals surface area contributed by atoms with E-state index in [1.165, 1.54) is 6.08 Å². The molecular formula is C14H19NO3S. The molecule has 1 fully saturated rings. The molecule has 1 aliphatic rings. The van der Waals surface area contributed by atoms with E-state index in [1.54, 1.807) is 11.0 Å². The average Bonchev–Trinajstić information content (AvgIpc) is 2.86. The zero-order valence-corrected chi connectivity index (χ0v) is 11.7. The summed E-state index contributed by atoms with van der Waals surface area (Å²) >= 11 is 5.39. The fraction of sp³-hybridized carbons (Fsp3) is 0.500. The van der Waals surface area contributed by atoms with Crippen molar-refractivity contribution in [1.29, 1.82) is 0 Å². The number of nitrogens with zero attached hydrogens (tertiary/aromatic N) is 1. The van der Waals surface area contributed by atoms with Crippen molar-refractivity contribution in [3.63, 3.8) is 0 Å². The summed E-state index contributed by atoms with van der Waals surface area (Å²) < 4.78 is 0. The van der Waals surface area contributed by atoms with E-state index in [-0.39, 0.29) is 18.1 Å². The minimum absolute atomic E-state index is 0.0831. The van der Waals surface area contributed by atoms with Gasteiger partial charge in [-0.2, -0.15) is 0 Å². The standard InChI is InChI=1S/C14H19NO3S/c1-3-6-10(9-11(16)4-2)13(19)15-8-5-7-12(15)14(17)18/h3-4,10,12H,1-2,5-9H2,(H,17,18)/t10?,12-/m0/s1. The largest absolute Gasteiger partial charge is 0.480 e. The first-order valence-corrected chi connectivity index (χ1v) is 6.71. The van der Waals surface area contributed by atoms with Crippen LogP contribution in [-0.2, 0) is 9.59 Å². The highest BCUT2D eigenvalue weighted by Gasteiger charge is 2.34. The lowest BCUT2D eigenvalue weighted by molar-refractivity contribution is -0.140. The van der Waals surface area contributed by atoms with Gasteiger partial charge in [0.25, 0.3) is 0 Å². The first kappa shape index (κ1) is 15.6. The second-order valence-corrected chi connectivity index (χ2v) is 5.04. The molecule has 0 aromatic heterocycles. The highest BCUT2D eigenvalue weighted by Crippen LogP contribution is 2.24. The summed E-state index contributed by atoms with van der Waals surface area (Å²) in [5.74, 6) is -1.11. The number of thiocarbonyl (C=S) groups is 1. The number of hydrogen-bond acceptors (Lipinski definition) is 3. The maximum Gasteiger partial charge on any atom is 0.326 e. The molecule has 0 aliphatic carbocycles. The minimum Gasteiger partial charge on any atom is -0.480 e. The highest BCUT2D eigenvalue weighted by molar-refractivity contribution is 7.80. The molecule has 1 rings (SSSR count). The maximum atomic E-state index is 11.5. The molecule has 0 saturated carbocycles. The van der Waals surface area contributed by atoms with Crippen LogP contribution < -0.4 is 0 Å². The average molecular weight is 281 g/mol. The second-order valence-electron chi connectivity index (χ2n) is 4.62. The molecule has 4 nitrogen and oxygen atoms in total. The SMILES string of the molecule is C=CCC(CC(=O)C=C)C(=S)N1CCC[C@H]1C(=O)O. The van der Waals surface area contributed by atoms with Crippen LogP contribution in [0.4, 0.5) is 0 Å². The smallest absolute Gasteiger partial charge is 0.326 e. The number of aliphatic carboxylic acids is 1. The van der Waals surface area contributed by atoms with Crippen molar-refractivity contribution in [2.24, 2.45) is 5.92 Å². The van der Waals surface area contributed by atoms with Crippen molar-refractivity contribution in [1.82, 2.24) is 4.90 Å². The Labute approximate surface area is 118 Å². The first-order chi connectivity index (χ1) is 9.01. The lowest BCUT2D eigenvalue weighted by Crippen LogP contribution is -2.42. The van der Waals surface area contributed by atoms with E-state index in [9.17, 15) is 9.59 Å². The molecule has 19 heavy (non-hydrogen) atoms. The van der Waals surface area contributed by atoms with E-state index >= 15 is 0 Å². The molecule has 1 N–H and O–H groups in total. The Morgan fingerprint density at radius 1 is 1.47 bits per heavy atom. The van der Waals surface area contributed by atoms with Gasteiger partial charge in [-0.3, -0.25) is 4.79 Å². The molecule has 1 saturated heterocycles. The Bertz CT molecular complexity index is 405. The zero-order chi connectivity index (χ0) is 14.4. The van der Waals surface area contributed by atoms with Gasteiger partial charge in [0.2, 0.25) is 0 Å². The molecule has 1 heterocycles. The van der Waals surface area contributed by atoms with Crippen LogP contribution in [0.1, 0.15) is 25.7 Å². The van der Waals surface area contributed by atoms with Crippen LogP contribution in [0.25, 0.3) is 0 Å². The van der Waals surface area contributed by atoms with Gasteiger partial charge in [-0.15, -0.1) is 6.58 Å². The maximum absolute atomic E-state index is 11.5. The van der Waals surface area contributed by atoms with Gasteiger partial charge in [0.05, 0.1) is 4.99 Å². The topological polar surface area (TPSA) is 57.6 Å². The third-order valence-electron chi connectivity index (χ3n) is 3.30. The number of rotatable bonds is 7. The molecule has 0 radical (unpaired) electrons. The van der Waals surface area contributed by atoms with Gasteiger partial charge in [-0.25, -0.2) is 4.79 Å². The van der Waals surface area contributed by atoms with Gasteiger partial charge < -0.3 is 10.0 Å². The summed E-state index contributed by atoms with van der Waals surface area (Å²) in [4.78, 5) is 24.9. The third kappa shape index (κ3) is 3.99. The lowest BCUT2D eigenvalue weighted by atomic mass is 9.97. The highest BCUT2D eigenvalue weighted by atomic mass is 32.1. The number of likely N-dealkylation sites (tertiary alicyclic amines) is 1. The van der Waals surface area contributed by atoms with Crippen LogP contribution in [0.3, 0.4) is 0 Å². The van der Waals surface area contributed by atoms with Crippen molar-refractivity contribution < 1.29 is 14.7 Å². The second kappa shape index (κ2) is 7.19. The molecule has 1 unspecified atom stereocenters. The first-order valence-electron chi connectivity index (χ1n) is 6.30. The number of carbonyl (C=O) groups excluding carboxylic acids is 1. The van der Waals surface area contributed by atoms with E-state index in [0.717, 1.165) is 6.42 Å². The predicted octanol–water partition coefficient (Wildman–Crippen LogP) is 2.20. The Balaban J connectivity index is 2.80. The van der Waals surface area contributed by atoms with Crippen LogP contribution in [0.15, 0.2) is 25.3 Å². The van der Waals surface area contributed by atoms with E-state index in [0.29, 0.717) is 24.4 Å². The van der Waals surface area contributed by atoms with Gasteiger partial charge in [0, 0.05) is 18.9 Å². The van der Waals surface area contributed by atoms with Crippen LogP contribution in [0, 0.1) is 5.92 Å². The molecule has 2 atom stereocenters. The van der Waals surface area contributed by atoms with E-state index in [2.05, 4.69) is 13.2 Å². The van der Waals surface area contributed by atoms with Crippen molar-refractivity contribution >= 4 is 29.0 Å². The van der Waals surface area contributed by atoms with Crippen LogP contribution in [-0.4, -0.2) is 39.3 Å². The van der Waals surface area contributed by atoms with Crippen LogP contribution in [0.2, 0.25) is 0 Å². The van der Waals surface area contributed by atoms with Gasteiger partial charge in [0.15, 0.2) is 5.78 Å². The molecule has 104 valence electrons. The van der Waals surface area contributed by atoms with E-state index in [4.69, 9.17) is 17.3 Å². The Morgan fingerprint density at radius 3 is 2.68 bits per heavy atom. The molecule has 1 aliphatic heterocycles. The molecule has 0 spiro atoms. The summed E-state index contributed by atoms with van der Waals surface area (Å²) in [5.41, 5.74) is 0. The van der Waals surface area contributed by atoms with Crippen LogP contribution in [0.5, 0.6) is 0 Å². The number of carboxylic acids is 1. The fourth-order valence-electron chi connectivity index (χ4n) is 2.32. The normalized spacial score (nSPS) is 19.8. The Kier molecular flexibility index (Phi) is 5.89. The Morgan fingerprint density at radius 2 is 2.16 bits per heavy atom. The van der Waals surface area contributed by atoms with Crippen molar-refractivity contribution in [3.8, 4) is 0 Å². The number of ketones is 1. The van der Waals surface area contributed by atoms with E-state index in [1.807, 2.05) is 0 Å². The van der Waals surface area contributed by atoms with Crippen molar-refractivity contribution in [2.75, 3.05) is 6.54 Å². The van der Waals surface area contributed by atoms with Crippen molar-refractivity contribution in [2.45, 2.75) is 31.7 Å². The quantitative estimate of drug-likeness (QED) is 0.440. The number of carboxylic acid groups (broad SMARTS) is 1. The fourth-order valence-corrected chi connectivity index (χ4v) is 2.72. The molecule has 0 aromatic rings. The monoisotopic (exact) mass is 281 g/mol. The van der Waals surface area contributed by atoms with Gasteiger partial charge >= 0.3 is 5.97 Å². The van der Waals surface area contributed by atoms with Gasteiger partial charge in [-0.05, 0) is 25.3 Å². The zero-order valence-electron chi connectivity index (χ0n) is 10.9.